The number of ether oxygens (including phenoxy) is 1. The maximum Gasteiger partial charge on any atom is 0.0825 e. The monoisotopic (exact) mass is 268 g/mol. The molecule has 2 aromatic carbocycles. The lowest BCUT2D eigenvalue weighted by Crippen LogP contribution is -2.22. The predicted molar refractivity (Wildman–Crippen MR) is 79.9 cm³/mol. The van der Waals surface area contributed by atoms with Crippen LogP contribution in [0.3, 0.4) is 0 Å². The van der Waals surface area contributed by atoms with Crippen molar-refractivity contribution in [3.05, 3.63) is 47.0 Å². The van der Waals surface area contributed by atoms with Crippen LogP contribution in [0, 0.1) is 5.92 Å². The quantitative estimate of drug-likeness (QED) is 0.904. The zero-order chi connectivity index (χ0) is 13.5. The highest BCUT2D eigenvalue weighted by Crippen LogP contribution is 2.38. The topological polar surface area (TPSA) is 29.5 Å². The van der Waals surface area contributed by atoms with E-state index in [1.165, 1.54) is 21.9 Å². The summed E-state index contributed by atoms with van der Waals surface area (Å²) in [5.74, 6) is 0.335. The van der Waals surface area contributed by atoms with Gasteiger partial charge in [-0.05, 0) is 59.1 Å². The number of rotatable bonds is 2. The third-order valence-corrected chi connectivity index (χ3v) is 4.94. The van der Waals surface area contributed by atoms with E-state index >= 15 is 0 Å². The molecule has 0 bridgehead atoms. The molecule has 1 atom stereocenters. The van der Waals surface area contributed by atoms with Crippen molar-refractivity contribution in [3.8, 4) is 0 Å². The molecule has 1 unspecified atom stereocenters. The van der Waals surface area contributed by atoms with E-state index in [9.17, 15) is 5.11 Å². The van der Waals surface area contributed by atoms with E-state index in [4.69, 9.17) is 4.74 Å². The molecule has 0 radical (unpaired) electrons. The fourth-order valence-corrected chi connectivity index (χ4v) is 3.81. The molecule has 104 valence electrons. The molecule has 2 aliphatic rings. The molecule has 1 N–H and O–H groups in total. The van der Waals surface area contributed by atoms with Crippen molar-refractivity contribution in [1.29, 1.82) is 0 Å². The standard InChI is InChI=1S/C18H20O2/c19-18(14-8-10-20-11-9-14)16-7-6-13-5-4-12-2-1-3-15(16)17(12)13/h1-3,6-7,14,18-19H,4-5,8-11H2. The Bertz CT molecular complexity index is 631. The lowest BCUT2D eigenvalue weighted by Gasteiger charge is -2.28. The van der Waals surface area contributed by atoms with Gasteiger partial charge in [-0.25, -0.2) is 0 Å². The number of aryl methyl sites for hydroxylation is 2. The van der Waals surface area contributed by atoms with Gasteiger partial charge in [-0.15, -0.1) is 0 Å². The largest absolute Gasteiger partial charge is 0.388 e. The minimum Gasteiger partial charge on any atom is -0.388 e. The van der Waals surface area contributed by atoms with Gasteiger partial charge in [0, 0.05) is 13.2 Å². The minimum atomic E-state index is -0.358. The average Bonchev–Trinajstić information content (AvgIpc) is 2.93. The maximum atomic E-state index is 10.8. The van der Waals surface area contributed by atoms with E-state index in [0.717, 1.165) is 44.5 Å². The highest BCUT2D eigenvalue weighted by atomic mass is 16.5. The van der Waals surface area contributed by atoms with Crippen LogP contribution >= 0.6 is 0 Å². The average molecular weight is 268 g/mol. The number of aliphatic hydroxyl groups is 1. The molecule has 1 heterocycles. The van der Waals surface area contributed by atoms with Gasteiger partial charge in [0.25, 0.3) is 0 Å². The van der Waals surface area contributed by atoms with Crippen molar-refractivity contribution in [1.82, 2.24) is 0 Å². The van der Waals surface area contributed by atoms with Crippen molar-refractivity contribution >= 4 is 10.8 Å². The summed E-state index contributed by atoms with van der Waals surface area (Å²) in [6.45, 7) is 1.56. The molecule has 2 nitrogen and oxygen atoms in total. The molecular weight excluding hydrogens is 248 g/mol. The Morgan fingerprint density at radius 3 is 2.55 bits per heavy atom. The van der Waals surface area contributed by atoms with Crippen molar-refractivity contribution in [2.75, 3.05) is 13.2 Å². The molecular formula is C18H20O2. The van der Waals surface area contributed by atoms with Crippen LogP contribution in [0.2, 0.25) is 0 Å². The SMILES string of the molecule is OC(c1ccc2c3c(cccc13)CC2)C1CCOCC1. The van der Waals surface area contributed by atoms with Gasteiger partial charge in [0.2, 0.25) is 0 Å². The van der Waals surface area contributed by atoms with Crippen LogP contribution in [0.5, 0.6) is 0 Å². The molecule has 4 rings (SSSR count). The zero-order valence-corrected chi connectivity index (χ0v) is 11.6. The lowest BCUT2D eigenvalue weighted by molar-refractivity contribution is 0.00773. The number of benzene rings is 2. The molecule has 1 aliphatic carbocycles. The Hall–Kier alpha value is -1.38. The molecule has 1 aliphatic heterocycles. The fourth-order valence-electron chi connectivity index (χ4n) is 3.81. The minimum absolute atomic E-state index is 0.335. The second-order valence-electron chi connectivity index (χ2n) is 6.05. The second-order valence-corrected chi connectivity index (χ2v) is 6.05. The summed E-state index contributed by atoms with van der Waals surface area (Å²) < 4.78 is 5.41. The van der Waals surface area contributed by atoms with Gasteiger partial charge >= 0.3 is 0 Å². The highest BCUT2D eigenvalue weighted by molar-refractivity contribution is 5.93. The summed E-state index contributed by atoms with van der Waals surface area (Å²) in [4.78, 5) is 0. The Labute approximate surface area is 119 Å². The summed E-state index contributed by atoms with van der Waals surface area (Å²) in [7, 11) is 0. The van der Waals surface area contributed by atoms with Crippen LogP contribution in [0.1, 0.15) is 35.6 Å². The summed E-state index contributed by atoms with van der Waals surface area (Å²) in [5, 5.41) is 13.4. The maximum absolute atomic E-state index is 10.8. The molecule has 1 saturated heterocycles. The van der Waals surface area contributed by atoms with Crippen molar-refractivity contribution < 1.29 is 9.84 Å². The lowest BCUT2D eigenvalue weighted by atomic mass is 9.86. The smallest absolute Gasteiger partial charge is 0.0825 e. The van der Waals surface area contributed by atoms with Crippen molar-refractivity contribution in [3.63, 3.8) is 0 Å². The van der Waals surface area contributed by atoms with E-state index < -0.39 is 0 Å². The summed E-state index contributed by atoms with van der Waals surface area (Å²) in [6, 6.07) is 10.9. The number of hydrogen-bond donors (Lipinski definition) is 1. The van der Waals surface area contributed by atoms with Crippen LogP contribution in [0.4, 0.5) is 0 Å². The Morgan fingerprint density at radius 2 is 1.75 bits per heavy atom. The van der Waals surface area contributed by atoms with Crippen molar-refractivity contribution in [2.45, 2.75) is 31.8 Å². The van der Waals surface area contributed by atoms with Gasteiger partial charge in [0.05, 0.1) is 6.10 Å². The Kier molecular flexibility index (Phi) is 3.01. The number of hydrogen-bond acceptors (Lipinski definition) is 2. The van der Waals surface area contributed by atoms with Crippen molar-refractivity contribution in [2.24, 2.45) is 5.92 Å². The predicted octanol–water partition coefficient (Wildman–Crippen LogP) is 3.40. The summed E-state index contributed by atoms with van der Waals surface area (Å²) in [5.41, 5.74) is 4.00. The molecule has 0 aromatic heterocycles. The van der Waals surface area contributed by atoms with Crippen LogP contribution in [-0.2, 0) is 17.6 Å². The first-order valence-corrected chi connectivity index (χ1v) is 7.64. The van der Waals surface area contributed by atoms with Gasteiger partial charge in [-0.3, -0.25) is 0 Å². The van der Waals surface area contributed by atoms with Crippen LogP contribution in [-0.4, -0.2) is 18.3 Å². The third kappa shape index (κ3) is 1.87. The molecule has 0 amide bonds. The Balaban J connectivity index is 1.80. The first kappa shape index (κ1) is 12.4. The van der Waals surface area contributed by atoms with Gasteiger partial charge in [0.1, 0.15) is 0 Å². The van der Waals surface area contributed by atoms with E-state index in [0.29, 0.717) is 5.92 Å². The van der Waals surface area contributed by atoms with Gasteiger partial charge in [-0.2, -0.15) is 0 Å². The second kappa shape index (κ2) is 4.87. The van der Waals surface area contributed by atoms with E-state index in [1.807, 2.05) is 0 Å². The third-order valence-electron chi connectivity index (χ3n) is 4.94. The molecule has 1 fully saturated rings. The molecule has 2 heteroatoms. The van der Waals surface area contributed by atoms with Gasteiger partial charge in [0.15, 0.2) is 0 Å². The zero-order valence-electron chi connectivity index (χ0n) is 11.6. The first-order chi connectivity index (χ1) is 9.84. The van der Waals surface area contributed by atoms with Crippen LogP contribution in [0.25, 0.3) is 10.8 Å². The van der Waals surface area contributed by atoms with E-state index in [1.54, 1.807) is 0 Å². The number of aliphatic hydroxyl groups excluding tert-OH is 1. The van der Waals surface area contributed by atoms with Gasteiger partial charge in [-0.1, -0.05) is 30.3 Å². The Morgan fingerprint density at radius 1 is 1.00 bits per heavy atom. The van der Waals surface area contributed by atoms with Crippen LogP contribution < -0.4 is 0 Å². The first-order valence-electron chi connectivity index (χ1n) is 7.64. The normalized spacial score (nSPS) is 20.4. The molecule has 0 saturated carbocycles. The van der Waals surface area contributed by atoms with E-state index in [-0.39, 0.29) is 6.10 Å². The van der Waals surface area contributed by atoms with Crippen LogP contribution in [0.15, 0.2) is 30.3 Å². The highest BCUT2D eigenvalue weighted by Gasteiger charge is 2.26. The molecule has 0 spiro atoms. The molecule has 20 heavy (non-hydrogen) atoms. The van der Waals surface area contributed by atoms with E-state index in [2.05, 4.69) is 30.3 Å². The van der Waals surface area contributed by atoms with Gasteiger partial charge < -0.3 is 9.84 Å². The summed E-state index contributed by atoms with van der Waals surface area (Å²) >= 11 is 0. The summed E-state index contributed by atoms with van der Waals surface area (Å²) in [6.07, 6.45) is 3.85. The fraction of sp³-hybridized carbons (Fsp3) is 0.444. The molecule has 2 aromatic rings.